The number of benzene rings is 2. The quantitative estimate of drug-likeness (QED) is 0.515. The van der Waals surface area contributed by atoms with Crippen LogP contribution in [0.1, 0.15) is 17.5 Å². The van der Waals surface area contributed by atoms with Crippen LogP contribution in [0, 0.1) is 13.8 Å². The van der Waals surface area contributed by atoms with Gasteiger partial charge in [0, 0.05) is 25.2 Å². The molecule has 0 saturated carbocycles. The number of rotatable bonds is 8. The Hall–Kier alpha value is -2.68. The van der Waals surface area contributed by atoms with Gasteiger partial charge in [0.05, 0.1) is 18.1 Å². The average Bonchev–Trinajstić information content (AvgIpc) is 3.23. The summed E-state index contributed by atoms with van der Waals surface area (Å²) in [4.78, 5) is 6.98. The second-order valence-corrected chi connectivity index (χ2v) is 9.88. The minimum absolute atomic E-state index is 0.0778. The largest absolute Gasteiger partial charge is 0.419 e. The highest BCUT2D eigenvalue weighted by molar-refractivity contribution is 7.91. The molecule has 1 aliphatic heterocycles. The van der Waals surface area contributed by atoms with Crippen LogP contribution in [0.2, 0.25) is 0 Å². The maximum absolute atomic E-state index is 13.4. The van der Waals surface area contributed by atoms with E-state index in [0.29, 0.717) is 12.4 Å². The minimum Gasteiger partial charge on any atom is -0.419 e. The zero-order valence-electron chi connectivity index (χ0n) is 18.5. The lowest BCUT2D eigenvalue weighted by Gasteiger charge is -2.26. The standard InChI is InChI=1S/C24H29N3O4S/c1-18-8-10-20(11-9-18)32(28,29)24-23(25-12-5-13-27-14-16-30-17-15-27)31-22(26-24)21-7-4-3-6-19(21)2/h3-4,6-11,25H,5,12-17H2,1-2H3. The van der Waals surface area contributed by atoms with E-state index in [1.54, 1.807) is 24.3 Å². The van der Waals surface area contributed by atoms with Gasteiger partial charge in [-0.3, -0.25) is 4.90 Å². The zero-order valence-corrected chi connectivity index (χ0v) is 19.3. The van der Waals surface area contributed by atoms with E-state index in [9.17, 15) is 8.42 Å². The lowest BCUT2D eigenvalue weighted by molar-refractivity contribution is 0.0378. The molecule has 0 radical (unpaired) electrons. The van der Waals surface area contributed by atoms with Crippen molar-refractivity contribution in [3.05, 3.63) is 59.7 Å². The molecular weight excluding hydrogens is 426 g/mol. The number of hydrogen-bond acceptors (Lipinski definition) is 7. The second kappa shape index (κ2) is 9.85. The van der Waals surface area contributed by atoms with Crippen molar-refractivity contribution in [2.45, 2.75) is 30.2 Å². The van der Waals surface area contributed by atoms with E-state index in [2.05, 4.69) is 15.2 Å². The Kier molecular flexibility index (Phi) is 6.93. The van der Waals surface area contributed by atoms with Crippen LogP contribution in [0.15, 0.2) is 62.9 Å². The number of nitrogens with zero attached hydrogens (tertiary/aromatic N) is 2. The number of nitrogens with one attached hydrogen (secondary N) is 1. The van der Waals surface area contributed by atoms with Crippen LogP contribution < -0.4 is 5.32 Å². The first-order chi connectivity index (χ1) is 15.4. The molecule has 2 aromatic carbocycles. The molecule has 0 aliphatic carbocycles. The van der Waals surface area contributed by atoms with Gasteiger partial charge in [-0.2, -0.15) is 4.98 Å². The van der Waals surface area contributed by atoms with Gasteiger partial charge in [0.2, 0.25) is 26.6 Å². The van der Waals surface area contributed by atoms with Crippen LogP contribution in [0.3, 0.4) is 0 Å². The smallest absolute Gasteiger partial charge is 0.233 e. The number of sulfone groups is 1. The van der Waals surface area contributed by atoms with Gasteiger partial charge in [-0.15, -0.1) is 0 Å². The zero-order chi connectivity index (χ0) is 22.6. The molecule has 32 heavy (non-hydrogen) atoms. The van der Waals surface area contributed by atoms with Crippen LogP contribution in [0.5, 0.6) is 0 Å². The molecule has 1 N–H and O–H groups in total. The number of hydrogen-bond donors (Lipinski definition) is 1. The highest BCUT2D eigenvalue weighted by Gasteiger charge is 2.28. The van der Waals surface area contributed by atoms with Gasteiger partial charge in [0.25, 0.3) is 0 Å². The fraction of sp³-hybridized carbons (Fsp3) is 0.375. The first-order valence-electron chi connectivity index (χ1n) is 10.9. The Bertz CT molecular complexity index is 1150. The Morgan fingerprint density at radius 1 is 1.03 bits per heavy atom. The molecular formula is C24H29N3O4S. The monoisotopic (exact) mass is 455 g/mol. The van der Waals surface area contributed by atoms with Gasteiger partial charge in [-0.25, -0.2) is 8.42 Å². The number of ether oxygens (including phenoxy) is 1. The highest BCUT2D eigenvalue weighted by atomic mass is 32.2. The molecule has 1 saturated heterocycles. The van der Waals surface area contributed by atoms with Gasteiger partial charge in [-0.05, 0) is 50.6 Å². The summed E-state index contributed by atoms with van der Waals surface area (Å²) in [5.41, 5.74) is 2.73. The molecule has 3 aromatic rings. The van der Waals surface area contributed by atoms with Crippen molar-refractivity contribution in [3.63, 3.8) is 0 Å². The van der Waals surface area contributed by atoms with Gasteiger partial charge >= 0.3 is 0 Å². The summed E-state index contributed by atoms with van der Waals surface area (Å²) >= 11 is 0. The number of aromatic nitrogens is 1. The third-order valence-corrected chi connectivity index (χ3v) is 7.28. The molecule has 0 spiro atoms. The Morgan fingerprint density at radius 3 is 2.47 bits per heavy atom. The van der Waals surface area contributed by atoms with E-state index < -0.39 is 9.84 Å². The molecule has 1 aromatic heterocycles. The van der Waals surface area contributed by atoms with E-state index in [4.69, 9.17) is 9.15 Å². The SMILES string of the molecule is Cc1ccc(S(=O)(=O)c2nc(-c3ccccc3C)oc2NCCCN2CCOCC2)cc1. The molecule has 4 rings (SSSR count). The fourth-order valence-electron chi connectivity index (χ4n) is 3.69. The number of oxazole rings is 1. The van der Waals surface area contributed by atoms with E-state index in [1.807, 2.05) is 38.1 Å². The topological polar surface area (TPSA) is 84.7 Å². The molecule has 0 atom stereocenters. The van der Waals surface area contributed by atoms with Gasteiger partial charge < -0.3 is 14.5 Å². The second-order valence-electron chi connectivity index (χ2n) is 8.02. The lowest BCUT2D eigenvalue weighted by Crippen LogP contribution is -2.37. The predicted octanol–water partition coefficient (Wildman–Crippen LogP) is 3.93. The summed E-state index contributed by atoms with van der Waals surface area (Å²) in [5.74, 6) is 0.482. The van der Waals surface area contributed by atoms with Crippen molar-refractivity contribution in [1.29, 1.82) is 0 Å². The van der Waals surface area contributed by atoms with Crippen LogP contribution in [-0.2, 0) is 14.6 Å². The van der Waals surface area contributed by atoms with Crippen molar-refractivity contribution in [1.82, 2.24) is 9.88 Å². The minimum atomic E-state index is -3.84. The molecule has 0 unspecified atom stereocenters. The van der Waals surface area contributed by atoms with E-state index in [-0.39, 0.29) is 15.8 Å². The van der Waals surface area contributed by atoms with E-state index >= 15 is 0 Å². The molecule has 170 valence electrons. The Balaban J connectivity index is 1.60. The Labute approximate surface area is 189 Å². The van der Waals surface area contributed by atoms with Crippen molar-refractivity contribution in [2.75, 3.05) is 44.7 Å². The van der Waals surface area contributed by atoms with E-state index in [0.717, 1.165) is 56.0 Å². The molecule has 8 heteroatoms. The van der Waals surface area contributed by atoms with Crippen molar-refractivity contribution >= 4 is 15.7 Å². The fourth-order valence-corrected chi connectivity index (χ4v) is 4.97. The third-order valence-electron chi connectivity index (χ3n) is 5.60. The first-order valence-corrected chi connectivity index (χ1v) is 12.4. The highest BCUT2D eigenvalue weighted by Crippen LogP contribution is 2.33. The average molecular weight is 456 g/mol. The van der Waals surface area contributed by atoms with Crippen molar-refractivity contribution < 1.29 is 17.6 Å². The van der Waals surface area contributed by atoms with Gasteiger partial charge in [0.15, 0.2) is 0 Å². The van der Waals surface area contributed by atoms with Crippen LogP contribution in [0.4, 0.5) is 5.88 Å². The van der Waals surface area contributed by atoms with Crippen molar-refractivity contribution in [2.24, 2.45) is 0 Å². The molecule has 0 amide bonds. The van der Waals surface area contributed by atoms with Crippen LogP contribution in [-0.4, -0.2) is 57.7 Å². The maximum Gasteiger partial charge on any atom is 0.233 e. The Morgan fingerprint density at radius 2 is 1.75 bits per heavy atom. The van der Waals surface area contributed by atoms with Crippen LogP contribution >= 0.6 is 0 Å². The normalized spacial score (nSPS) is 15.1. The van der Waals surface area contributed by atoms with Gasteiger partial charge in [0.1, 0.15) is 0 Å². The summed E-state index contributed by atoms with van der Waals surface area (Å²) in [6.07, 6.45) is 0.852. The predicted molar refractivity (Wildman–Crippen MR) is 124 cm³/mol. The molecule has 7 nitrogen and oxygen atoms in total. The summed E-state index contributed by atoms with van der Waals surface area (Å²) in [6, 6.07) is 14.4. The third kappa shape index (κ3) is 5.03. The van der Waals surface area contributed by atoms with Gasteiger partial charge in [-0.1, -0.05) is 35.9 Å². The van der Waals surface area contributed by atoms with E-state index in [1.165, 1.54) is 0 Å². The van der Waals surface area contributed by atoms with Crippen LogP contribution in [0.25, 0.3) is 11.5 Å². The number of aryl methyl sites for hydroxylation is 2. The summed E-state index contributed by atoms with van der Waals surface area (Å²) in [6.45, 7) is 8.72. The molecule has 1 aliphatic rings. The first kappa shape index (κ1) is 22.5. The summed E-state index contributed by atoms with van der Waals surface area (Å²) in [5, 5.41) is 3.11. The number of morpholine rings is 1. The maximum atomic E-state index is 13.4. The van der Waals surface area contributed by atoms with Crippen molar-refractivity contribution in [3.8, 4) is 11.5 Å². The summed E-state index contributed by atoms with van der Waals surface area (Å²) < 4.78 is 38.1. The molecule has 2 heterocycles. The summed E-state index contributed by atoms with van der Waals surface area (Å²) in [7, 11) is -3.84. The lowest BCUT2D eigenvalue weighted by atomic mass is 10.1. The number of anilines is 1. The molecule has 0 bridgehead atoms. The molecule has 1 fully saturated rings.